The van der Waals surface area contributed by atoms with Gasteiger partial charge in [0.15, 0.2) is 0 Å². The highest BCUT2D eigenvalue weighted by Gasteiger charge is 2.37. The van der Waals surface area contributed by atoms with Gasteiger partial charge >= 0.3 is 0 Å². The van der Waals surface area contributed by atoms with Gasteiger partial charge in [-0.1, -0.05) is 24.3 Å². The smallest absolute Gasteiger partial charge is 0.126 e. The number of fused-ring (bicyclic) bond motifs is 1. The van der Waals surface area contributed by atoms with E-state index in [0.29, 0.717) is 18.5 Å². The van der Waals surface area contributed by atoms with Gasteiger partial charge in [0, 0.05) is 18.0 Å². The van der Waals surface area contributed by atoms with Gasteiger partial charge in [-0.15, -0.1) is 0 Å². The Hall–Kier alpha value is -1.74. The molecule has 3 heteroatoms. The summed E-state index contributed by atoms with van der Waals surface area (Å²) in [5, 5.41) is 0. The molecule has 0 bridgehead atoms. The van der Waals surface area contributed by atoms with E-state index in [0.717, 1.165) is 18.9 Å². The van der Waals surface area contributed by atoms with Crippen molar-refractivity contribution in [2.24, 2.45) is 5.73 Å². The molecule has 20 heavy (non-hydrogen) atoms. The molecule has 0 fully saturated rings. The van der Waals surface area contributed by atoms with Gasteiger partial charge < -0.3 is 5.73 Å². The number of benzene rings is 2. The summed E-state index contributed by atoms with van der Waals surface area (Å²) in [5.74, 6) is -1.06. The maximum atomic E-state index is 13.4. The summed E-state index contributed by atoms with van der Waals surface area (Å²) in [4.78, 5) is 0. The average Bonchev–Trinajstić information content (AvgIpc) is 2.78. The van der Waals surface area contributed by atoms with E-state index in [9.17, 15) is 8.78 Å². The molecule has 1 atom stereocenters. The summed E-state index contributed by atoms with van der Waals surface area (Å²) in [5.41, 5.74) is 9.02. The molecule has 0 saturated carbocycles. The molecule has 0 spiro atoms. The summed E-state index contributed by atoms with van der Waals surface area (Å²) in [6.07, 6.45) is 2.49. The third-order valence-corrected chi connectivity index (χ3v) is 4.32. The topological polar surface area (TPSA) is 26.0 Å². The molecule has 1 unspecified atom stereocenters. The summed E-state index contributed by atoms with van der Waals surface area (Å²) >= 11 is 0. The third kappa shape index (κ3) is 2.22. The van der Waals surface area contributed by atoms with Crippen molar-refractivity contribution in [3.8, 4) is 0 Å². The van der Waals surface area contributed by atoms with Crippen molar-refractivity contribution in [1.29, 1.82) is 0 Å². The molecule has 2 N–H and O–H groups in total. The summed E-state index contributed by atoms with van der Waals surface area (Å²) in [6.45, 7) is 0.488. The lowest BCUT2D eigenvalue weighted by Gasteiger charge is -2.29. The van der Waals surface area contributed by atoms with Crippen molar-refractivity contribution in [2.75, 3.05) is 6.54 Å². The molecule has 0 saturated heterocycles. The highest BCUT2D eigenvalue weighted by molar-refractivity contribution is 5.41. The molecule has 1 aliphatic carbocycles. The molecule has 1 nitrogen and oxygen atoms in total. The molecule has 0 aliphatic heterocycles. The van der Waals surface area contributed by atoms with Crippen molar-refractivity contribution in [3.05, 3.63) is 70.8 Å². The van der Waals surface area contributed by atoms with Crippen molar-refractivity contribution >= 4 is 0 Å². The average molecular weight is 273 g/mol. The molecule has 2 aromatic rings. The van der Waals surface area contributed by atoms with Crippen LogP contribution < -0.4 is 5.73 Å². The van der Waals surface area contributed by atoms with E-state index in [1.165, 1.54) is 23.3 Å². The van der Waals surface area contributed by atoms with Crippen molar-refractivity contribution < 1.29 is 8.78 Å². The lowest BCUT2D eigenvalue weighted by molar-refractivity contribution is 0.429. The maximum Gasteiger partial charge on any atom is 0.126 e. The van der Waals surface area contributed by atoms with E-state index >= 15 is 0 Å². The minimum atomic E-state index is -0.529. The molecule has 104 valence electrons. The second-order valence-corrected chi connectivity index (χ2v) is 5.60. The fourth-order valence-corrected chi connectivity index (χ4v) is 3.34. The Labute approximate surface area is 117 Å². The first kappa shape index (κ1) is 13.3. The Balaban J connectivity index is 1.99. The standard InChI is InChI=1S/C17H17F2N/c18-14-7-12(8-15(19)9-14)10-17(11-20)6-5-13-3-1-2-4-16(13)17/h1-4,7-9H,5-6,10-11,20H2. The van der Waals surface area contributed by atoms with Crippen LogP contribution in [0.15, 0.2) is 42.5 Å². The molecular formula is C17H17F2N. The van der Waals surface area contributed by atoms with Crippen LogP contribution >= 0.6 is 0 Å². The van der Waals surface area contributed by atoms with Crippen LogP contribution in [0, 0.1) is 11.6 Å². The SMILES string of the molecule is NCC1(Cc2cc(F)cc(F)c2)CCc2ccccc21. The van der Waals surface area contributed by atoms with Gasteiger partial charge in [-0.2, -0.15) is 0 Å². The van der Waals surface area contributed by atoms with Gasteiger partial charge in [0.1, 0.15) is 11.6 Å². The molecule has 0 amide bonds. The Morgan fingerprint density at radius 3 is 2.45 bits per heavy atom. The monoisotopic (exact) mass is 273 g/mol. The van der Waals surface area contributed by atoms with Gasteiger partial charge in [-0.3, -0.25) is 0 Å². The van der Waals surface area contributed by atoms with Gasteiger partial charge in [-0.05, 0) is 48.1 Å². The van der Waals surface area contributed by atoms with Gasteiger partial charge in [-0.25, -0.2) is 8.78 Å². The second-order valence-electron chi connectivity index (χ2n) is 5.60. The van der Waals surface area contributed by atoms with Crippen molar-refractivity contribution in [3.63, 3.8) is 0 Å². The number of halogens is 2. The van der Waals surface area contributed by atoms with E-state index < -0.39 is 11.6 Å². The molecule has 2 aromatic carbocycles. The first-order valence-corrected chi connectivity index (χ1v) is 6.86. The number of rotatable bonds is 3. The van der Waals surface area contributed by atoms with E-state index in [1.54, 1.807) is 0 Å². The predicted octanol–water partition coefficient (Wildman–Crippen LogP) is 3.35. The molecular weight excluding hydrogens is 256 g/mol. The second kappa shape index (κ2) is 4.98. The highest BCUT2D eigenvalue weighted by Crippen LogP contribution is 2.40. The molecule has 0 aromatic heterocycles. The number of aryl methyl sites for hydroxylation is 1. The van der Waals surface area contributed by atoms with Crippen molar-refractivity contribution in [2.45, 2.75) is 24.7 Å². The van der Waals surface area contributed by atoms with Crippen LogP contribution in [0.4, 0.5) is 8.78 Å². The molecule has 0 heterocycles. The Kier molecular flexibility index (Phi) is 3.30. The fraction of sp³-hybridized carbons (Fsp3) is 0.294. The zero-order valence-electron chi connectivity index (χ0n) is 11.2. The molecule has 0 radical (unpaired) electrons. The van der Waals surface area contributed by atoms with E-state index in [4.69, 9.17) is 5.73 Å². The Bertz CT molecular complexity index is 618. The maximum absolute atomic E-state index is 13.4. The molecule has 1 aliphatic rings. The van der Waals surface area contributed by atoms with Gasteiger partial charge in [0.25, 0.3) is 0 Å². The Morgan fingerprint density at radius 2 is 1.75 bits per heavy atom. The van der Waals surface area contributed by atoms with E-state index in [2.05, 4.69) is 12.1 Å². The van der Waals surface area contributed by atoms with Crippen molar-refractivity contribution in [1.82, 2.24) is 0 Å². The minimum absolute atomic E-state index is 0.198. The minimum Gasteiger partial charge on any atom is -0.330 e. The summed E-state index contributed by atoms with van der Waals surface area (Å²) in [6, 6.07) is 11.9. The first-order chi connectivity index (χ1) is 9.63. The quantitative estimate of drug-likeness (QED) is 0.912. The third-order valence-electron chi connectivity index (χ3n) is 4.32. The Morgan fingerprint density at radius 1 is 1.05 bits per heavy atom. The zero-order valence-corrected chi connectivity index (χ0v) is 11.2. The highest BCUT2D eigenvalue weighted by atomic mass is 19.1. The fourth-order valence-electron chi connectivity index (χ4n) is 3.34. The van der Waals surface area contributed by atoms with Crippen LogP contribution in [-0.2, 0) is 18.3 Å². The van der Waals surface area contributed by atoms with Gasteiger partial charge in [0.2, 0.25) is 0 Å². The van der Waals surface area contributed by atoms with Crippen LogP contribution in [0.1, 0.15) is 23.1 Å². The number of nitrogens with two attached hydrogens (primary N) is 1. The van der Waals surface area contributed by atoms with Crippen LogP contribution in [-0.4, -0.2) is 6.54 Å². The zero-order chi connectivity index (χ0) is 14.2. The van der Waals surface area contributed by atoms with E-state index in [-0.39, 0.29) is 5.41 Å². The molecule has 3 rings (SSSR count). The van der Waals surface area contributed by atoms with Crippen LogP contribution in [0.25, 0.3) is 0 Å². The summed E-state index contributed by atoms with van der Waals surface area (Å²) in [7, 11) is 0. The predicted molar refractivity (Wildman–Crippen MR) is 75.6 cm³/mol. The van der Waals surface area contributed by atoms with Gasteiger partial charge in [0.05, 0.1) is 0 Å². The van der Waals surface area contributed by atoms with E-state index in [1.807, 2.05) is 12.1 Å². The number of hydrogen-bond donors (Lipinski definition) is 1. The van der Waals surface area contributed by atoms with Crippen LogP contribution in [0.5, 0.6) is 0 Å². The largest absolute Gasteiger partial charge is 0.330 e. The van der Waals surface area contributed by atoms with Crippen LogP contribution in [0.3, 0.4) is 0 Å². The number of hydrogen-bond acceptors (Lipinski definition) is 1. The lowest BCUT2D eigenvalue weighted by Crippen LogP contribution is -2.35. The normalized spacial score (nSPS) is 20.9. The lowest BCUT2D eigenvalue weighted by atomic mass is 9.76. The first-order valence-electron chi connectivity index (χ1n) is 6.86. The summed E-state index contributed by atoms with van der Waals surface area (Å²) < 4.78 is 26.7. The van der Waals surface area contributed by atoms with Crippen LogP contribution in [0.2, 0.25) is 0 Å².